The molecule has 3 rings (SSSR count). The second-order valence-corrected chi connectivity index (χ2v) is 7.76. The van der Waals surface area contributed by atoms with Gasteiger partial charge in [0.15, 0.2) is 10.9 Å². The molecule has 0 fully saturated rings. The molecule has 1 heterocycles. The van der Waals surface area contributed by atoms with Crippen molar-refractivity contribution in [1.82, 2.24) is 9.97 Å². The second kappa shape index (κ2) is 7.46. The third-order valence-corrected chi connectivity index (χ3v) is 4.30. The van der Waals surface area contributed by atoms with E-state index in [1.165, 1.54) is 5.56 Å². The van der Waals surface area contributed by atoms with Crippen LogP contribution in [-0.4, -0.2) is 9.97 Å². The molecule has 1 aromatic heterocycles. The van der Waals surface area contributed by atoms with E-state index in [9.17, 15) is 0 Å². The van der Waals surface area contributed by atoms with E-state index in [-0.39, 0.29) is 5.41 Å². The van der Waals surface area contributed by atoms with Crippen LogP contribution >= 0.6 is 11.6 Å². The van der Waals surface area contributed by atoms with Crippen LogP contribution in [0.1, 0.15) is 37.7 Å². The standard InChI is InChI=1S/C22H23ClN2O/c1-15-10-12-17(13-11-15)18-19(26-14-16-8-6-5-7-9-16)20(23)25-21(24-18)22(2,3)4/h5-13H,14H2,1-4H3. The summed E-state index contributed by atoms with van der Waals surface area (Å²) in [6, 6.07) is 18.2. The monoisotopic (exact) mass is 366 g/mol. The molecule has 3 nitrogen and oxygen atoms in total. The van der Waals surface area contributed by atoms with E-state index in [4.69, 9.17) is 21.3 Å². The van der Waals surface area contributed by atoms with Crippen LogP contribution < -0.4 is 4.74 Å². The first-order valence-electron chi connectivity index (χ1n) is 8.66. The van der Waals surface area contributed by atoms with E-state index in [2.05, 4.69) is 44.8 Å². The van der Waals surface area contributed by atoms with Crippen molar-refractivity contribution >= 4 is 11.6 Å². The summed E-state index contributed by atoms with van der Waals surface area (Å²) in [7, 11) is 0. The maximum Gasteiger partial charge on any atom is 0.183 e. The van der Waals surface area contributed by atoms with Gasteiger partial charge in [0.25, 0.3) is 0 Å². The van der Waals surface area contributed by atoms with Gasteiger partial charge in [-0.05, 0) is 12.5 Å². The number of benzene rings is 2. The fourth-order valence-electron chi connectivity index (χ4n) is 2.52. The Labute approximate surface area is 160 Å². The number of rotatable bonds is 4. The van der Waals surface area contributed by atoms with E-state index in [1.807, 2.05) is 42.5 Å². The van der Waals surface area contributed by atoms with Crippen LogP contribution in [0, 0.1) is 6.92 Å². The lowest BCUT2D eigenvalue weighted by molar-refractivity contribution is 0.304. The Morgan fingerprint density at radius 1 is 0.923 bits per heavy atom. The Morgan fingerprint density at radius 2 is 1.58 bits per heavy atom. The van der Waals surface area contributed by atoms with Crippen LogP contribution in [0.15, 0.2) is 54.6 Å². The average molecular weight is 367 g/mol. The van der Waals surface area contributed by atoms with Gasteiger partial charge in [0.2, 0.25) is 0 Å². The predicted octanol–water partition coefficient (Wildman–Crippen LogP) is 5.98. The van der Waals surface area contributed by atoms with Gasteiger partial charge in [-0.25, -0.2) is 9.97 Å². The van der Waals surface area contributed by atoms with Gasteiger partial charge < -0.3 is 4.74 Å². The Morgan fingerprint density at radius 3 is 2.19 bits per heavy atom. The zero-order valence-electron chi connectivity index (χ0n) is 15.6. The first-order chi connectivity index (χ1) is 12.3. The molecule has 0 spiro atoms. The van der Waals surface area contributed by atoms with E-state index in [1.54, 1.807) is 0 Å². The highest BCUT2D eigenvalue weighted by Crippen LogP contribution is 2.36. The van der Waals surface area contributed by atoms with Crippen LogP contribution in [0.25, 0.3) is 11.3 Å². The highest BCUT2D eigenvalue weighted by Gasteiger charge is 2.23. The van der Waals surface area contributed by atoms with E-state index in [0.717, 1.165) is 16.8 Å². The van der Waals surface area contributed by atoms with Crippen LogP contribution in [0.4, 0.5) is 0 Å². The predicted molar refractivity (Wildman–Crippen MR) is 107 cm³/mol. The summed E-state index contributed by atoms with van der Waals surface area (Å²) in [5.41, 5.74) is 3.75. The summed E-state index contributed by atoms with van der Waals surface area (Å²) in [5, 5.41) is 0.344. The molecule has 0 aliphatic carbocycles. The SMILES string of the molecule is Cc1ccc(-c2nc(C(C)(C)C)nc(Cl)c2OCc2ccccc2)cc1. The highest BCUT2D eigenvalue weighted by atomic mass is 35.5. The van der Waals surface area contributed by atoms with Gasteiger partial charge in [0, 0.05) is 11.0 Å². The Bertz CT molecular complexity index is 885. The second-order valence-electron chi connectivity index (χ2n) is 7.41. The number of aromatic nitrogens is 2. The van der Waals surface area contributed by atoms with Crippen molar-refractivity contribution in [3.8, 4) is 17.0 Å². The Balaban J connectivity index is 2.05. The zero-order valence-corrected chi connectivity index (χ0v) is 16.3. The van der Waals surface area contributed by atoms with Gasteiger partial charge >= 0.3 is 0 Å². The molecule has 0 saturated carbocycles. The van der Waals surface area contributed by atoms with E-state index < -0.39 is 0 Å². The maximum absolute atomic E-state index is 6.51. The average Bonchev–Trinajstić information content (AvgIpc) is 2.61. The normalized spacial score (nSPS) is 11.4. The number of hydrogen-bond acceptors (Lipinski definition) is 3. The summed E-state index contributed by atoms with van der Waals surface area (Å²) in [6.45, 7) is 8.69. The molecule has 4 heteroatoms. The van der Waals surface area contributed by atoms with Crippen LogP contribution in [-0.2, 0) is 12.0 Å². The number of ether oxygens (including phenoxy) is 1. The minimum atomic E-state index is -0.207. The smallest absolute Gasteiger partial charge is 0.183 e. The van der Waals surface area contributed by atoms with E-state index in [0.29, 0.717) is 23.3 Å². The van der Waals surface area contributed by atoms with Gasteiger partial charge in [0.05, 0.1) is 0 Å². The number of halogens is 1. The molecule has 0 atom stereocenters. The Kier molecular flexibility index (Phi) is 5.28. The summed E-state index contributed by atoms with van der Waals surface area (Å²) in [4.78, 5) is 9.29. The number of aryl methyl sites for hydroxylation is 1. The van der Waals surface area contributed by atoms with Crippen molar-refractivity contribution in [2.24, 2.45) is 0 Å². The molecule has 3 aromatic rings. The largest absolute Gasteiger partial charge is 0.483 e. The van der Waals surface area contributed by atoms with Crippen LogP contribution in [0.2, 0.25) is 5.15 Å². The molecule has 26 heavy (non-hydrogen) atoms. The third kappa shape index (κ3) is 4.23. The minimum Gasteiger partial charge on any atom is -0.483 e. The van der Waals surface area contributed by atoms with Gasteiger partial charge in [-0.2, -0.15) is 0 Å². The van der Waals surface area contributed by atoms with Gasteiger partial charge in [-0.3, -0.25) is 0 Å². The molecule has 0 radical (unpaired) electrons. The highest BCUT2D eigenvalue weighted by molar-refractivity contribution is 6.31. The lowest BCUT2D eigenvalue weighted by Crippen LogP contribution is -2.17. The van der Waals surface area contributed by atoms with Crippen LogP contribution in [0.3, 0.4) is 0 Å². The van der Waals surface area contributed by atoms with Crippen molar-refractivity contribution in [2.45, 2.75) is 39.7 Å². The first-order valence-corrected chi connectivity index (χ1v) is 9.04. The lowest BCUT2D eigenvalue weighted by Gasteiger charge is -2.20. The summed E-state index contributed by atoms with van der Waals surface area (Å²) in [6.07, 6.45) is 0. The van der Waals surface area contributed by atoms with Crippen molar-refractivity contribution in [2.75, 3.05) is 0 Å². The van der Waals surface area contributed by atoms with Crippen molar-refractivity contribution in [1.29, 1.82) is 0 Å². The molecule has 134 valence electrons. The first kappa shape index (κ1) is 18.4. The maximum atomic E-state index is 6.51. The summed E-state index contributed by atoms with van der Waals surface area (Å²) < 4.78 is 6.05. The summed E-state index contributed by atoms with van der Waals surface area (Å²) >= 11 is 6.51. The number of nitrogens with zero attached hydrogens (tertiary/aromatic N) is 2. The molecular weight excluding hydrogens is 344 g/mol. The van der Waals surface area contributed by atoms with Crippen molar-refractivity contribution in [3.05, 3.63) is 76.7 Å². The van der Waals surface area contributed by atoms with Crippen molar-refractivity contribution in [3.63, 3.8) is 0 Å². The molecule has 0 saturated heterocycles. The van der Waals surface area contributed by atoms with Gasteiger partial charge in [-0.1, -0.05) is 92.5 Å². The quantitative estimate of drug-likeness (QED) is 0.532. The Hall–Kier alpha value is -2.39. The molecule has 0 aliphatic rings. The molecule has 2 aromatic carbocycles. The third-order valence-electron chi connectivity index (χ3n) is 4.05. The van der Waals surface area contributed by atoms with Crippen LogP contribution in [0.5, 0.6) is 5.75 Å². The molecule has 0 N–H and O–H groups in total. The molecule has 0 bridgehead atoms. The molecule has 0 unspecified atom stereocenters. The molecular formula is C22H23ClN2O. The topological polar surface area (TPSA) is 35.0 Å². The number of hydrogen-bond donors (Lipinski definition) is 0. The lowest BCUT2D eigenvalue weighted by atomic mass is 9.95. The van der Waals surface area contributed by atoms with E-state index >= 15 is 0 Å². The molecule has 0 amide bonds. The zero-order chi connectivity index (χ0) is 18.7. The van der Waals surface area contributed by atoms with Gasteiger partial charge in [0.1, 0.15) is 18.1 Å². The fourth-order valence-corrected chi connectivity index (χ4v) is 2.75. The summed E-state index contributed by atoms with van der Waals surface area (Å²) in [5.74, 6) is 1.22. The fraction of sp³-hybridized carbons (Fsp3) is 0.273. The van der Waals surface area contributed by atoms with Crippen molar-refractivity contribution < 1.29 is 4.74 Å². The minimum absolute atomic E-state index is 0.207. The molecule has 0 aliphatic heterocycles. The van der Waals surface area contributed by atoms with Gasteiger partial charge in [-0.15, -0.1) is 0 Å².